The number of non-ortho nitro benzene ring substituents is 1. The first kappa shape index (κ1) is 20.9. The maximum absolute atomic E-state index is 13.3. The van der Waals surface area contributed by atoms with Crippen LogP contribution >= 0.6 is 0 Å². The number of halogens is 1. The number of piperidine rings is 1. The smallest absolute Gasteiger partial charge is 0.269 e. The molecule has 1 atom stereocenters. The number of rotatable bonds is 6. The summed E-state index contributed by atoms with van der Waals surface area (Å²) in [5.41, 5.74) is 0.592. The number of nitrogens with one attached hydrogen (secondary N) is 1. The van der Waals surface area contributed by atoms with Crippen LogP contribution in [-0.4, -0.2) is 43.3 Å². The molecule has 0 bridgehead atoms. The van der Waals surface area contributed by atoms with Crippen LogP contribution in [0, 0.1) is 15.9 Å². The van der Waals surface area contributed by atoms with Crippen LogP contribution in [0.15, 0.2) is 53.4 Å². The van der Waals surface area contributed by atoms with Gasteiger partial charge in [-0.05, 0) is 36.6 Å². The third-order valence-electron chi connectivity index (χ3n) is 4.70. The van der Waals surface area contributed by atoms with E-state index in [0.717, 1.165) is 12.1 Å². The van der Waals surface area contributed by atoms with E-state index in [9.17, 15) is 27.7 Å². The largest absolute Gasteiger partial charge is 0.341 e. The molecule has 3 rings (SSSR count). The first-order valence-electron chi connectivity index (χ1n) is 9.03. The number of nitrogens with zero attached hydrogens (tertiary/aromatic N) is 2. The highest BCUT2D eigenvalue weighted by molar-refractivity contribution is 7.89. The predicted molar refractivity (Wildman–Crippen MR) is 103 cm³/mol. The Balaban J connectivity index is 1.62. The molecule has 29 heavy (non-hydrogen) atoms. The Bertz CT molecular complexity index is 1010. The molecule has 1 N–H and O–H groups in total. The molecule has 0 aliphatic carbocycles. The molecule has 8 nitrogen and oxygen atoms in total. The summed E-state index contributed by atoms with van der Waals surface area (Å²) >= 11 is 0. The molecule has 0 radical (unpaired) electrons. The monoisotopic (exact) mass is 421 g/mol. The lowest BCUT2D eigenvalue weighted by Crippen LogP contribution is -2.49. The predicted octanol–water partition coefficient (Wildman–Crippen LogP) is 2.25. The molecule has 154 valence electrons. The number of sulfonamides is 1. The zero-order valence-corrected chi connectivity index (χ0v) is 16.3. The van der Waals surface area contributed by atoms with Crippen molar-refractivity contribution in [2.75, 3.05) is 13.1 Å². The second kappa shape index (κ2) is 8.66. The lowest BCUT2D eigenvalue weighted by atomic mass is 10.0. The second-order valence-corrected chi connectivity index (χ2v) is 8.57. The summed E-state index contributed by atoms with van der Waals surface area (Å²) in [5, 5.41) is 10.7. The molecule has 2 aromatic carbocycles. The van der Waals surface area contributed by atoms with E-state index < -0.39 is 26.8 Å². The van der Waals surface area contributed by atoms with Gasteiger partial charge in [0.1, 0.15) is 5.82 Å². The zero-order chi connectivity index (χ0) is 21.0. The molecule has 1 heterocycles. The fraction of sp³-hybridized carbons (Fsp3) is 0.316. The van der Waals surface area contributed by atoms with Crippen LogP contribution in [0.3, 0.4) is 0 Å². The van der Waals surface area contributed by atoms with Gasteiger partial charge in [0, 0.05) is 31.3 Å². The summed E-state index contributed by atoms with van der Waals surface area (Å²) in [6.07, 6.45) is 1.26. The molecule has 1 unspecified atom stereocenters. The normalized spacial score (nSPS) is 17.1. The molecule has 2 aromatic rings. The Morgan fingerprint density at radius 1 is 1.24 bits per heavy atom. The highest BCUT2D eigenvalue weighted by Gasteiger charge is 2.27. The van der Waals surface area contributed by atoms with Crippen molar-refractivity contribution in [2.24, 2.45) is 0 Å². The van der Waals surface area contributed by atoms with E-state index in [2.05, 4.69) is 4.72 Å². The zero-order valence-electron chi connectivity index (χ0n) is 15.5. The van der Waals surface area contributed by atoms with E-state index in [0.29, 0.717) is 24.9 Å². The number of likely N-dealkylation sites (tertiary alicyclic amines) is 1. The van der Waals surface area contributed by atoms with Gasteiger partial charge in [-0.25, -0.2) is 17.5 Å². The van der Waals surface area contributed by atoms with Crippen LogP contribution in [-0.2, 0) is 21.2 Å². The van der Waals surface area contributed by atoms with Gasteiger partial charge in [-0.15, -0.1) is 0 Å². The van der Waals surface area contributed by atoms with Crippen molar-refractivity contribution in [3.8, 4) is 0 Å². The van der Waals surface area contributed by atoms with E-state index in [-0.39, 0.29) is 29.5 Å². The molecule has 1 fully saturated rings. The molecule has 1 aliphatic heterocycles. The van der Waals surface area contributed by atoms with Crippen molar-refractivity contribution in [2.45, 2.75) is 30.2 Å². The van der Waals surface area contributed by atoms with Gasteiger partial charge in [0.2, 0.25) is 15.9 Å². The minimum absolute atomic E-state index is 0.0500. The SMILES string of the molecule is O=C(Cc1ccc([N+](=O)[O-])cc1)N1CCCC(NS(=O)(=O)c2cccc(F)c2)C1. The van der Waals surface area contributed by atoms with Crippen LogP contribution in [0.1, 0.15) is 18.4 Å². The van der Waals surface area contributed by atoms with Crippen LogP contribution in [0.25, 0.3) is 0 Å². The quantitative estimate of drug-likeness (QED) is 0.568. The average Bonchev–Trinajstić information content (AvgIpc) is 2.68. The van der Waals surface area contributed by atoms with Gasteiger partial charge < -0.3 is 4.90 Å². The first-order valence-corrected chi connectivity index (χ1v) is 10.5. The molecule has 10 heteroatoms. The van der Waals surface area contributed by atoms with Crippen LogP contribution in [0.4, 0.5) is 10.1 Å². The molecule has 0 aromatic heterocycles. The number of nitro groups is 1. The Kier molecular flexibility index (Phi) is 6.23. The van der Waals surface area contributed by atoms with Gasteiger partial charge in [-0.3, -0.25) is 14.9 Å². The van der Waals surface area contributed by atoms with E-state index in [1.165, 1.54) is 36.4 Å². The number of nitro benzene ring substituents is 1. The number of benzene rings is 2. The topological polar surface area (TPSA) is 110 Å². The summed E-state index contributed by atoms with van der Waals surface area (Å²) in [5.74, 6) is -0.829. The molecular weight excluding hydrogens is 401 g/mol. The van der Waals surface area contributed by atoms with E-state index >= 15 is 0 Å². The van der Waals surface area contributed by atoms with Gasteiger partial charge in [-0.1, -0.05) is 18.2 Å². The average molecular weight is 421 g/mol. The van der Waals surface area contributed by atoms with Gasteiger partial charge in [0.05, 0.1) is 16.2 Å². The fourth-order valence-corrected chi connectivity index (χ4v) is 4.54. The third kappa shape index (κ3) is 5.36. The van der Waals surface area contributed by atoms with Gasteiger partial charge in [0.15, 0.2) is 0 Å². The standard InChI is InChI=1S/C19H20FN3O5S/c20-15-3-1-5-18(12-15)29(27,28)21-16-4-2-10-22(13-16)19(24)11-14-6-8-17(9-7-14)23(25)26/h1,3,5-9,12,16,21H,2,4,10-11,13H2. The number of carbonyl (C=O) groups excluding carboxylic acids is 1. The lowest BCUT2D eigenvalue weighted by molar-refractivity contribution is -0.384. The first-order chi connectivity index (χ1) is 13.7. The molecule has 0 spiro atoms. The minimum Gasteiger partial charge on any atom is -0.341 e. The van der Waals surface area contributed by atoms with Crippen molar-refractivity contribution >= 4 is 21.6 Å². The van der Waals surface area contributed by atoms with Crippen molar-refractivity contribution in [1.82, 2.24) is 9.62 Å². The summed E-state index contributed by atoms with van der Waals surface area (Å²) in [4.78, 5) is 24.2. The number of hydrogen-bond acceptors (Lipinski definition) is 5. The minimum atomic E-state index is -3.90. The van der Waals surface area contributed by atoms with Gasteiger partial charge >= 0.3 is 0 Å². The summed E-state index contributed by atoms with van der Waals surface area (Å²) in [6, 6.07) is 10.0. The van der Waals surface area contributed by atoms with E-state index in [1.54, 1.807) is 4.90 Å². The Morgan fingerprint density at radius 3 is 2.62 bits per heavy atom. The number of hydrogen-bond donors (Lipinski definition) is 1. The van der Waals surface area contributed by atoms with Crippen LogP contribution in [0.5, 0.6) is 0 Å². The maximum atomic E-state index is 13.3. The number of amides is 1. The highest BCUT2D eigenvalue weighted by atomic mass is 32.2. The number of carbonyl (C=O) groups is 1. The molecule has 0 saturated carbocycles. The second-order valence-electron chi connectivity index (χ2n) is 6.86. The van der Waals surface area contributed by atoms with Crippen molar-refractivity contribution < 1.29 is 22.5 Å². The Labute approximate surface area is 167 Å². The Hall–Kier alpha value is -2.85. The molecule has 1 saturated heterocycles. The summed E-state index contributed by atoms with van der Waals surface area (Å²) in [7, 11) is -3.90. The summed E-state index contributed by atoms with van der Waals surface area (Å²) in [6.45, 7) is 0.713. The fourth-order valence-electron chi connectivity index (χ4n) is 3.24. The van der Waals surface area contributed by atoms with Gasteiger partial charge in [-0.2, -0.15) is 0 Å². The molecule has 1 amide bonds. The van der Waals surface area contributed by atoms with Crippen LogP contribution in [0.2, 0.25) is 0 Å². The van der Waals surface area contributed by atoms with E-state index in [4.69, 9.17) is 0 Å². The maximum Gasteiger partial charge on any atom is 0.269 e. The Morgan fingerprint density at radius 2 is 1.97 bits per heavy atom. The van der Waals surface area contributed by atoms with Crippen molar-refractivity contribution in [1.29, 1.82) is 0 Å². The lowest BCUT2D eigenvalue weighted by Gasteiger charge is -2.33. The van der Waals surface area contributed by atoms with E-state index in [1.807, 2.05) is 0 Å². The van der Waals surface area contributed by atoms with Gasteiger partial charge in [0.25, 0.3) is 5.69 Å². The highest BCUT2D eigenvalue weighted by Crippen LogP contribution is 2.18. The van der Waals surface area contributed by atoms with Crippen molar-refractivity contribution in [3.63, 3.8) is 0 Å². The summed E-state index contributed by atoms with van der Waals surface area (Å²) < 4.78 is 40.8. The van der Waals surface area contributed by atoms with Crippen molar-refractivity contribution in [3.05, 3.63) is 70.0 Å². The van der Waals surface area contributed by atoms with Crippen LogP contribution < -0.4 is 4.72 Å². The third-order valence-corrected chi connectivity index (χ3v) is 6.22. The molecular formula is C19H20FN3O5S. The molecule has 1 aliphatic rings.